The Morgan fingerprint density at radius 3 is 2.55 bits per heavy atom. The largest absolute Gasteiger partial charge is 0.497 e. The third kappa shape index (κ3) is 3.15. The summed E-state index contributed by atoms with van der Waals surface area (Å²) in [5, 5.41) is 0. The number of nitrogens with one attached hydrogen (secondary N) is 1. The number of hydrogen-bond donors (Lipinski definition) is 1. The molecular formula is C14H16N2O3S. The fraction of sp³-hybridized carbons (Fsp3) is 0.286. The summed E-state index contributed by atoms with van der Waals surface area (Å²) < 4.78 is 12.5. The lowest BCUT2D eigenvalue weighted by Gasteiger charge is -2.13. The molecule has 0 amide bonds. The molecule has 1 aromatic heterocycles. The van der Waals surface area contributed by atoms with Gasteiger partial charge in [0, 0.05) is 19.7 Å². The van der Waals surface area contributed by atoms with Gasteiger partial charge in [-0.25, -0.2) is 0 Å². The molecule has 2 aromatic rings. The second-order valence-corrected chi connectivity index (χ2v) is 4.58. The molecular weight excluding hydrogens is 276 g/mol. The second-order valence-electron chi connectivity index (χ2n) is 4.20. The lowest BCUT2D eigenvalue weighted by Crippen LogP contribution is -2.16. The highest BCUT2D eigenvalue weighted by Gasteiger charge is 2.07. The molecule has 1 heterocycles. The minimum absolute atomic E-state index is 0.213. The molecule has 0 saturated carbocycles. The van der Waals surface area contributed by atoms with Crippen LogP contribution in [0.5, 0.6) is 5.75 Å². The zero-order valence-electron chi connectivity index (χ0n) is 11.4. The lowest BCUT2D eigenvalue weighted by atomic mass is 10.1. The summed E-state index contributed by atoms with van der Waals surface area (Å²) in [5.74, 6) is 0.764. The van der Waals surface area contributed by atoms with Crippen molar-refractivity contribution >= 4 is 12.2 Å². The van der Waals surface area contributed by atoms with Crippen LogP contribution in [-0.2, 0) is 11.3 Å². The van der Waals surface area contributed by atoms with Gasteiger partial charge in [-0.05, 0) is 42.0 Å². The Labute approximate surface area is 121 Å². The zero-order valence-corrected chi connectivity index (χ0v) is 12.2. The number of H-pyrrole nitrogens is 1. The van der Waals surface area contributed by atoms with Gasteiger partial charge in [0.05, 0.1) is 19.4 Å². The van der Waals surface area contributed by atoms with Crippen LogP contribution in [0.15, 0.2) is 35.1 Å². The van der Waals surface area contributed by atoms with Gasteiger partial charge in [-0.2, -0.15) is 0 Å². The van der Waals surface area contributed by atoms with Gasteiger partial charge in [-0.15, -0.1) is 0 Å². The van der Waals surface area contributed by atoms with Gasteiger partial charge in [-0.1, -0.05) is 0 Å². The number of nitrogens with zero attached hydrogens (tertiary/aromatic N) is 1. The third-order valence-corrected chi connectivity index (χ3v) is 3.26. The van der Waals surface area contributed by atoms with Gasteiger partial charge < -0.3 is 14.0 Å². The lowest BCUT2D eigenvalue weighted by molar-refractivity contribution is 0.186. The molecule has 2 rings (SSSR count). The summed E-state index contributed by atoms with van der Waals surface area (Å²) >= 11 is 5.22. The van der Waals surface area contributed by atoms with Crippen LogP contribution in [-0.4, -0.2) is 30.4 Å². The van der Waals surface area contributed by atoms with Crippen molar-refractivity contribution in [2.24, 2.45) is 0 Å². The molecule has 5 nitrogen and oxygen atoms in total. The fourth-order valence-corrected chi connectivity index (χ4v) is 2.22. The highest BCUT2D eigenvalue weighted by Crippen LogP contribution is 2.21. The van der Waals surface area contributed by atoms with Crippen molar-refractivity contribution in [3.05, 3.63) is 45.5 Å². The topological polar surface area (TPSA) is 56.2 Å². The molecule has 0 unspecified atom stereocenters. The molecule has 20 heavy (non-hydrogen) atoms. The van der Waals surface area contributed by atoms with Gasteiger partial charge >= 0.3 is 0 Å². The van der Waals surface area contributed by atoms with Crippen molar-refractivity contribution in [3.63, 3.8) is 0 Å². The minimum atomic E-state index is -0.213. The molecule has 0 atom stereocenters. The average molecular weight is 292 g/mol. The molecule has 0 fully saturated rings. The van der Waals surface area contributed by atoms with E-state index in [0.29, 0.717) is 17.9 Å². The number of hydrogen-bond acceptors (Lipinski definition) is 4. The molecule has 0 spiro atoms. The highest BCUT2D eigenvalue weighted by molar-refractivity contribution is 7.71. The van der Waals surface area contributed by atoms with Gasteiger partial charge in [-0.3, -0.25) is 9.78 Å². The van der Waals surface area contributed by atoms with E-state index in [4.69, 9.17) is 21.7 Å². The maximum Gasteiger partial charge on any atom is 0.252 e. The molecule has 0 aliphatic carbocycles. The third-order valence-electron chi connectivity index (χ3n) is 2.94. The predicted octanol–water partition coefficient (Wildman–Crippen LogP) is 2.23. The number of ether oxygens (including phenoxy) is 2. The standard InChI is InChI=1S/C14H16N2O3S/c1-18-8-7-16-12(9-13(17)15-14(16)20)10-3-5-11(19-2)6-4-10/h3-6,9H,7-8H2,1-2H3,(H,15,17,20). The molecule has 0 saturated heterocycles. The Morgan fingerprint density at radius 2 is 1.95 bits per heavy atom. The molecule has 1 N–H and O–H groups in total. The van der Waals surface area contributed by atoms with Gasteiger partial charge in [0.1, 0.15) is 5.75 Å². The first-order valence-corrected chi connectivity index (χ1v) is 6.54. The van der Waals surface area contributed by atoms with E-state index in [1.165, 1.54) is 6.07 Å². The smallest absolute Gasteiger partial charge is 0.252 e. The Morgan fingerprint density at radius 1 is 1.25 bits per heavy atom. The van der Waals surface area contributed by atoms with Crippen LogP contribution in [0, 0.1) is 4.77 Å². The van der Waals surface area contributed by atoms with E-state index in [0.717, 1.165) is 17.0 Å². The van der Waals surface area contributed by atoms with E-state index >= 15 is 0 Å². The first-order chi connectivity index (χ1) is 9.65. The summed E-state index contributed by atoms with van der Waals surface area (Å²) in [5.41, 5.74) is 1.45. The van der Waals surface area contributed by atoms with Crippen molar-refractivity contribution < 1.29 is 9.47 Å². The summed E-state index contributed by atoms with van der Waals surface area (Å²) in [4.78, 5) is 14.3. The van der Waals surface area contributed by atoms with Crippen LogP contribution in [0.2, 0.25) is 0 Å². The first kappa shape index (κ1) is 14.5. The van der Waals surface area contributed by atoms with E-state index in [9.17, 15) is 4.79 Å². The molecule has 6 heteroatoms. The Bertz CT molecular complexity index is 689. The Balaban J connectivity index is 2.52. The quantitative estimate of drug-likeness (QED) is 0.859. The van der Waals surface area contributed by atoms with Crippen LogP contribution in [0.4, 0.5) is 0 Å². The fourth-order valence-electron chi connectivity index (χ4n) is 1.93. The van der Waals surface area contributed by atoms with Crippen LogP contribution in [0.1, 0.15) is 0 Å². The van der Waals surface area contributed by atoms with Crippen LogP contribution in [0.3, 0.4) is 0 Å². The summed E-state index contributed by atoms with van der Waals surface area (Å²) in [7, 11) is 3.24. The number of rotatable bonds is 5. The van der Waals surface area contributed by atoms with Gasteiger partial charge in [0.15, 0.2) is 4.77 Å². The van der Waals surface area contributed by atoms with Crippen molar-refractivity contribution in [2.75, 3.05) is 20.8 Å². The van der Waals surface area contributed by atoms with Crippen LogP contribution in [0.25, 0.3) is 11.3 Å². The molecule has 0 aliphatic heterocycles. The van der Waals surface area contributed by atoms with Crippen molar-refractivity contribution in [1.29, 1.82) is 0 Å². The molecule has 0 radical (unpaired) electrons. The van der Waals surface area contributed by atoms with E-state index in [1.54, 1.807) is 14.2 Å². The molecule has 106 valence electrons. The van der Waals surface area contributed by atoms with E-state index in [2.05, 4.69) is 4.98 Å². The highest BCUT2D eigenvalue weighted by atomic mass is 32.1. The second kappa shape index (κ2) is 6.49. The van der Waals surface area contributed by atoms with Crippen molar-refractivity contribution in [3.8, 4) is 17.0 Å². The average Bonchev–Trinajstić information content (AvgIpc) is 2.46. The van der Waals surface area contributed by atoms with Crippen molar-refractivity contribution in [1.82, 2.24) is 9.55 Å². The summed E-state index contributed by atoms with van der Waals surface area (Å²) in [6, 6.07) is 9.02. The van der Waals surface area contributed by atoms with Crippen LogP contribution < -0.4 is 10.3 Å². The minimum Gasteiger partial charge on any atom is -0.497 e. The molecule has 0 aliphatic rings. The van der Waals surface area contributed by atoms with E-state index < -0.39 is 0 Å². The summed E-state index contributed by atoms with van der Waals surface area (Å²) in [6.45, 7) is 1.09. The maximum absolute atomic E-state index is 11.6. The monoisotopic (exact) mass is 292 g/mol. The SMILES string of the molecule is COCCn1c(-c2ccc(OC)cc2)cc(=O)[nH]c1=S. The van der Waals surface area contributed by atoms with E-state index in [1.807, 2.05) is 28.8 Å². The van der Waals surface area contributed by atoms with E-state index in [-0.39, 0.29) is 5.56 Å². The normalized spacial score (nSPS) is 10.5. The van der Waals surface area contributed by atoms with Gasteiger partial charge in [0.25, 0.3) is 5.56 Å². The Kier molecular flexibility index (Phi) is 4.70. The molecule has 0 bridgehead atoms. The zero-order chi connectivity index (χ0) is 14.5. The number of methoxy groups -OCH3 is 2. The Hall–Kier alpha value is -1.92. The van der Waals surface area contributed by atoms with Gasteiger partial charge in [0.2, 0.25) is 0 Å². The number of aromatic nitrogens is 2. The van der Waals surface area contributed by atoms with Crippen LogP contribution >= 0.6 is 12.2 Å². The van der Waals surface area contributed by atoms with Crippen molar-refractivity contribution in [2.45, 2.75) is 6.54 Å². The predicted molar refractivity (Wildman–Crippen MR) is 79.8 cm³/mol. The summed E-state index contributed by atoms with van der Waals surface area (Å²) in [6.07, 6.45) is 0. The maximum atomic E-state index is 11.6. The number of benzene rings is 1. The first-order valence-electron chi connectivity index (χ1n) is 6.13. The number of aromatic amines is 1. The molecule has 1 aromatic carbocycles.